The molecule has 0 aliphatic carbocycles. The van der Waals surface area contributed by atoms with Crippen molar-refractivity contribution in [2.45, 2.75) is 58.4 Å². The van der Waals surface area contributed by atoms with Crippen LogP contribution >= 0.6 is 27.3 Å². The second-order valence-corrected chi connectivity index (χ2v) is 6.93. The van der Waals surface area contributed by atoms with Crippen LogP contribution in [0.25, 0.3) is 0 Å². The second-order valence-electron chi connectivity index (χ2n) is 4.53. The molecule has 0 saturated heterocycles. The van der Waals surface area contributed by atoms with Gasteiger partial charge in [-0.15, -0.1) is 11.3 Å². The zero-order valence-electron chi connectivity index (χ0n) is 10.8. The summed E-state index contributed by atoms with van der Waals surface area (Å²) in [7, 11) is 0. The average molecular weight is 319 g/mol. The minimum absolute atomic E-state index is 0.312. The number of halogens is 1. The molecule has 0 fully saturated rings. The van der Waals surface area contributed by atoms with Crippen molar-refractivity contribution in [3.05, 3.63) is 20.3 Å². The van der Waals surface area contributed by atoms with Gasteiger partial charge in [-0.1, -0.05) is 39.0 Å². The van der Waals surface area contributed by atoms with Crippen molar-refractivity contribution in [3.8, 4) is 0 Å². The lowest BCUT2D eigenvalue weighted by Gasteiger charge is -2.13. The summed E-state index contributed by atoms with van der Waals surface area (Å²) >= 11 is 5.36. The molecule has 4 heteroatoms. The third-order valence-electron chi connectivity index (χ3n) is 3.02. The zero-order chi connectivity index (χ0) is 12.7. The molecule has 0 bridgehead atoms. The standard InChI is InChI=1S/C13H23BrN2S/c1-3-4-5-6-7-8-11(16-15)12-9-10(2)13(14)17-12/h9,11,16H,3-8,15H2,1-2H3. The summed E-state index contributed by atoms with van der Waals surface area (Å²) in [6, 6.07) is 2.54. The molecule has 98 valence electrons. The predicted octanol–water partition coefficient (Wildman–Crippen LogP) is 4.68. The Morgan fingerprint density at radius 1 is 1.35 bits per heavy atom. The van der Waals surface area contributed by atoms with E-state index in [1.54, 1.807) is 11.3 Å². The molecule has 0 radical (unpaired) electrons. The van der Waals surface area contributed by atoms with Crippen LogP contribution in [0.4, 0.5) is 0 Å². The summed E-state index contributed by atoms with van der Waals surface area (Å²) < 4.78 is 1.22. The highest BCUT2D eigenvalue weighted by molar-refractivity contribution is 9.11. The summed E-state index contributed by atoms with van der Waals surface area (Å²) in [6.45, 7) is 4.37. The molecule has 1 unspecified atom stereocenters. The van der Waals surface area contributed by atoms with Gasteiger partial charge in [0.1, 0.15) is 0 Å². The first-order valence-electron chi connectivity index (χ1n) is 6.41. The van der Waals surface area contributed by atoms with Crippen molar-refractivity contribution in [1.29, 1.82) is 0 Å². The molecule has 1 rings (SSSR count). The Morgan fingerprint density at radius 3 is 2.59 bits per heavy atom. The van der Waals surface area contributed by atoms with Crippen molar-refractivity contribution >= 4 is 27.3 Å². The maximum absolute atomic E-state index is 5.65. The lowest BCUT2D eigenvalue weighted by atomic mass is 10.1. The summed E-state index contributed by atoms with van der Waals surface area (Å²) in [5.74, 6) is 5.65. The number of nitrogens with two attached hydrogens (primary N) is 1. The molecule has 0 amide bonds. The summed E-state index contributed by atoms with van der Waals surface area (Å²) in [4.78, 5) is 1.34. The molecule has 1 aromatic rings. The molecular formula is C13H23BrN2S. The van der Waals surface area contributed by atoms with Gasteiger partial charge in [0, 0.05) is 4.88 Å². The summed E-state index contributed by atoms with van der Waals surface area (Å²) in [5.41, 5.74) is 4.24. The molecule has 2 nitrogen and oxygen atoms in total. The summed E-state index contributed by atoms with van der Waals surface area (Å²) in [6.07, 6.45) is 7.70. The van der Waals surface area contributed by atoms with Crippen LogP contribution in [0.2, 0.25) is 0 Å². The molecule has 0 spiro atoms. The lowest BCUT2D eigenvalue weighted by Crippen LogP contribution is -2.27. The fourth-order valence-electron chi connectivity index (χ4n) is 1.92. The maximum Gasteiger partial charge on any atom is 0.0731 e. The number of unbranched alkanes of at least 4 members (excludes halogenated alkanes) is 4. The Labute approximate surface area is 117 Å². The van der Waals surface area contributed by atoms with Crippen molar-refractivity contribution in [2.24, 2.45) is 5.84 Å². The third-order valence-corrected chi connectivity index (χ3v) is 5.27. The molecule has 3 N–H and O–H groups in total. The molecule has 1 atom stereocenters. The molecule has 0 aliphatic heterocycles. The van der Waals surface area contributed by atoms with Gasteiger partial charge >= 0.3 is 0 Å². The van der Waals surface area contributed by atoms with E-state index >= 15 is 0 Å². The first kappa shape index (κ1) is 15.2. The SMILES string of the molecule is CCCCCCCC(NN)c1cc(C)c(Br)s1. The topological polar surface area (TPSA) is 38.0 Å². The first-order chi connectivity index (χ1) is 8.19. The smallest absolute Gasteiger partial charge is 0.0731 e. The van der Waals surface area contributed by atoms with Crippen LogP contribution < -0.4 is 11.3 Å². The number of nitrogens with one attached hydrogen (secondary N) is 1. The largest absolute Gasteiger partial charge is 0.271 e. The van der Waals surface area contributed by atoms with Gasteiger partial charge in [0.05, 0.1) is 9.83 Å². The monoisotopic (exact) mass is 318 g/mol. The van der Waals surface area contributed by atoms with Gasteiger partial charge in [0.2, 0.25) is 0 Å². The van der Waals surface area contributed by atoms with Crippen molar-refractivity contribution in [1.82, 2.24) is 5.43 Å². The van der Waals surface area contributed by atoms with E-state index in [2.05, 4.69) is 41.3 Å². The fraction of sp³-hybridized carbons (Fsp3) is 0.692. The quantitative estimate of drug-likeness (QED) is 0.415. The Kier molecular flexibility index (Phi) is 7.35. The van der Waals surface area contributed by atoms with Gasteiger partial charge < -0.3 is 0 Å². The Morgan fingerprint density at radius 2 is 2.06 bits per heavy atom. The molecule has 0 saturated carbocycles. The van der Waals surface area contributed by atoms with Crippen LogP contribution in [0, 0.1) is 6.92 Å². The maximum atomic E-state index is 5.65. The number of hydrazine groups is 1. The zero-order valence-corrected chi connectivity index (χ0v) is 13.2. The summed E-state index contributed by atoms with van der Waals surface area (Å²) in [5, 5.41) is 0. The van der Waals surface area contributed by atoms with Gasteiger partial charge in [0.15, 0.2) is 0 Å². The van der Waals surface area contributed by atoms with E-state index in [1.165, 1.54) is 46.3 Å². The Bertz CT molecular complexity index is 306. The second kappa shape index (κ2) is 8.25. The number of thiophene rings is 1. The van der Waals surface area contributed by atoms with E-state index in [0.717, 1.165) is 6.42 Å². The lowest BCUT2D eigenvalue weighted by molar-refractivity contribution is 0.484. The van der Waals surface area contributed by atoms with Crippen LogP contribution in [0.15, 0.2) is 9.85 Å². The van der Waals surface area contributed by atoms with Crippen LogP contribution in [-0.4, -0.2) is 0 Å². The average Bonchev–Trinajstić information content (AvgIpc) is 2.64. The minimum atomic E-state index is 0.312. The van der Waals surface area contributed by atoms with E-state index in [0.29, 0.717) is 6.04 Å². The van der Waals surface area contributed by atoms with Crippen LogP contribution in [-0.2, 0) is 0 Å². The number of hydrogen-bond donors (Lipinski definition) is 2. The fourth-order valence-corrected chi connectivity index (χ4v) is 3.58. The van der Waals surface area contributed by atoms with Crippen LogP contribution in [0.5, 0.6) is 0 Å². The van der Waals surface area contributed by atoms with E-state index < -0.39 is 0 Å². The van der Waals surface area contributed by atoms with Crippen LogP contribution in [0.3, 0.4) is 0 Å². The molecule has 1 heterocycles. The predicted molar refractivity (Wildman–Crippen MR) is 80.2 cm³/mol. The van der Waals surface area contributed by atoms with E-state index in [4.69, 9.17) is 5.84 Å². The Balaban J connectivity index is 2.38. The molecule has 17 heavy (non-hydrogen) atoms. The van der Waals surface area contributed by atoms with Gasteiger partial charge in [-0.25, -0.2) is 0 Å². The first-order valence-corrected chi connectivity index (χ1v) is 8.02. The van der Waals surface area contributed by atoms with Crippen molar-refractivity contribution in [3.63, 3.8) is 0 Å². The van der Waals surface area contributed by atoms with E-state index in [-0.39, 0.29) is 0 Å². The van der Waals surface area contributed by atoms with Crippen molar-refractivity contribution in [2.75, 3.05) is 0 Å². The van der Waals surface area contributed by atoms with Gasteiger partial charge in [-0.3, -0.25) is 11.3 Å². The highest BCUT2D eigenvalue weighted by atomic mass is 79.9. The number of hydrogen-bond acceptors (Lipinski definition) is 3. The molecule has 0 aliphatic rings. The number of rotatable bonds is 8. The van der Waals surface area contributed by atoms with Gasteiger partial charge in [-0.2, -0.15) is 0 Å². The minimum Gasteiger partial charge on any atom is -0.271 e. The normalized spacial score (nSPS) is 12.9. The van der Waals surface area contributed by atoms with E-state index in [1.807, 2.05) is 0 Å². The van der Waals surface area contributed by atoms with Crippen LogP contribution in [0.1, 0.15) is 61.9 Å². The number of aryl methyl sites for hydroxylation is 1. The third kappa shape index (κ3) is 5.08. The highest BCUT2D eigenvalue weighted by Crippen LogP contribution is 2.33. The highest BCUT2D eigenvalue weighted by Gasteiger charge is 2.13. The van der Waals surface area contributed by atoms with Gasteiger partial charge in [0.25, 0.3) is 0 Å². The molecule has 1 aromatic heterocycles. The van der Waals surface area contributed by atoms with E-state index in [9.17, 15) is 0 Å². The molecule has 0 aromatic carbocycles. The van der Waals surface area contributed by atoms with Crippen molar-refractivity contribution < 1.29 is 0 Å². The Hall–Kier alpha value is 0.1000. The molecular weight excluding hydrogens is 296 g/mol. The van der Waals surface area contributed by atoms with Gasteiger partial charge in [-0.05, 0) is 40.9 Å².